The molecule has 1 atom stereocenters. The number of benzene rings is 1. The summed E-state index contributed by atoms with van der Waals surface area (Å²) in [7, 11) is 0. The van der Waals surface area contributed by atoms with Gasteiger partial charge in [0.25, 0.3) is 0 Å². The first-order chi connectivity index (χ1) is 9.80. The van der Waals surface area contributed by atoms with Crippen LogP contribution in [0, 0.1) is 0 Å². The molecule has 0 amide bonds. The zero-order chi connectivity index (χ0) is 14.4. The SMILES string of the molecule is CCOc1ccccc1C(CO)N1CCN(CC)CC1. The second-order valence-corrected chi connectivity index (χ2v) is 5.14. The highest BCUT2D eigenvalue weighted by Gasteiger charge is 2.25. The number of hydrogen-bond donors (Lipinski definition) is 1. The number of nitrogens with zero attached hydrogens (tertiary/aromatic N) is 2. The normalized spacial score (nSPS) is 18.9. The molecule has 4 heteroatoms. The van der Waals surface area contributed by atoms with Gasteiger partial charge in [-0.05, 0) is 19.5 Å². The van der Waals surface area contributed by atoms with Crippen LogP contribution in [0.1, 0.15) is 25.5 Å². The van der Waals surface area contributed by atoms with Crippen LogP contribution < -0.4 is 4.74 Å². The summed E-state index contributed by atoms with van der Waals surface area (Å²) in [6.07, 6.45) is 0. The van der Waals surface area contributed by atoms with Crippen LogP contribution in [0.2, 0.25) is 0 Å². The van der Waals surface area contributed by atoms with Crippen LogP contribution in [-0.4, -0.2) is 60.8 Å². The number of piperazine rings is 1. The first kappa shape index (κ1) is 15.3. The van der Waals surface area contributed by atoms with E-state index in [1.807, 2.05) is 25.1 Å². The van der Waals surface area contributed by atoms with Crippen molar-refractivity contribution in [3.05, 3.63) is 29.8 Å². The number of hydrogen-bond acceptors (Lipinski definition) is 4. The average Bonchev–Trinajstić information content (AvgIpc) is 2.51. The molecule has 0 aliphatic carbocycles. The quantitative estimate of drug-likeness (QED) is 0.860. The molecule has 0 spiro atoms. The van der Waals surface area contributed by atoms with Gasteiger partial charge in [0.2, 0.25) is 0 Å². The van der Waals surface area contributed by atoms with Gasteiger partial charge in [-0.25, -0.2) is 0 Å². The molecule has 1 saturated heterocycles. The van der Waals surface area contributed by atoms with Crippen LogP contribution in [0.15, 0.2) is 24.3 Å². The van der Waals surface area contributed by atoms with Crippen molar-refractivity contribution in [2.75, 3.05) is 45.9 Å². The molecule has 4 nitrogen and oxygen atoms in total. The highest BCUT2D eigenvalue weighted by atomic mass is 16.5. The summed E-state index contributed by atoms with van der Waals surface area (Å²) in [5.41, 5.74) is 1.10. The first-order valence-electron chi connectivity index (χ1n) is 7.59. The molecule has 0 saturated carbocycles. The summed E-state index contributed by atoms with van der Waals surface area (Å²) < 4.78 is 5.70. The molecule has 112 valence electrons. The zero-order valence-electron chi connectivity index (χ0n) is 12.6. The van der Waals surface area contributed by atoms with E-state index in [9.17, 15) is 5.11 Å². The van der Waals surface area contributed by atoms with Crippen molar-refractivity contribution in [1.29, 1.82) is 0 Å². The first-order valence-corrected chi connectivity index (χ1v) is 7.59. The van der Waals surface area contributed by atoms with Crippen LogP contribution in [0.4, 0.5) is 0 Å². The lowest BCUT2D eigenvalue weighted by Gasteiger charge is -2.38. The van der Waals surface area contributed by atoms with E-state index in [1.165, 1.54) is 0 Å². The predicted molar refractivity (Wildman–Crippen MR) is 81.1 cm³/mol. The fourth-order valence-electron chi connectivity index (χ4n) is 2.84. The molecule has 1 N–H and O–H groups in total. The summed E-state index contributed by atoms with van der Waals surface area (Å²) in [6, 6.07) is 8.10. The maximum absolute atomic E-state index is 9.84. The Morgan fingerprint density at radius 3 is 2.45 bits per heavy atom. The maximum atomic E-state index is 9.84. The third-order valence-corrected chi connectivity index (χ3v) is 4.05. The minimum atomic E-state index is 0.0387. The van der Waals surface area contributed by atoms with Gasteiger partial charge in [-0.15, -0.1) is 0 Å². The van der Waals surface area contributed by atoms with Crippen molar-refractivity contribution in [3.8, 4) is 5.75 Å². The van der Waals surface area contributed by atoms with Crippen molar-refractivity contribution in [2.45, 2.75) is 19.9 Å². The molecule has 1 unspecified atom stereocenters. The molecule has 1 aliphatic heterocycles. The van der Waals surface area contributed by atoms with Gasteiger partial charge < -0.3 is 14.7 Å². The molecule has 1 aliphatic rings. The summed E-state index contributed by atoms with van der Waals surface area (Å²) in [4.78, 5) is 4.81. The Morgan fingerprint density at radius 1 is 1.15 bits per heavy atom. The smallest absolute Gasteiger partial charge is 0.124 e. The largest absolute Gasteiger partial charge is 0.494 e. The summed E-state index contributed by atoms with van der Waals surface area (Å²) in [6.45, 7) is 10.2. The topological polar surface area (TPSA) is 35.9 Å². The third-order valence-electron chi connectivity index (χ3n) is 4.05. The predicted octanol–water partition coefficient (Wildman–Crippen LogP) is 1.76. The number of para-hydroxylation sites is 1. The second-order valence-electron chi connectivity index (χ2n) is 5.14. The Hall–Kier alpha value is -1.10. The Morgan fingerprint density at radius 2 is 1.85 bits per heavy atom. The fourth-order valence-corrected chi connectivity index (χ4v) is 2.84. The minimum absolute atomic E-state index is 0.0387. The van der Waals surface area contributed by atoms with Crippen LogP contribution in [0.3, 0.4) is 0 Å². The van der Waals surface area contributed by atoms with Crippen LogP contribution >= 0.6 is 0 Å². The van der Waals surface area contributed by atoms with Crippen molar-refractivity contribution in [3.63, 3.8) is 0 Å². The van der Waals surface area contributed by atoms with Crippen molar-refractivity contribution in [2.24, 2.45) is 0 Å². The van der Waals surface area contributed by atoms with Gasteiger partial charge in [0.15, 0.2) is 0 Å². The Bertz CT molecular complexity index is 403. The monoisotopic (exact) mass is 278 g/mol. The van der Waals surface area contributed by atoms with E-state index in [1.54, 1.807) is 0 Å². The number of aliphatic hydroxyl groups excluding tert-OH is 1. The molecule has 2 rings (SSSR count). The molecular formula is C16H26N2O2. The number of ether oxygens (including phenoxy) is 1. The lowest BCUT2D eigenvalue weighted by molar-refractivity contribution is 0.0657. The number of likely N-dealkylation sites (N-methyl/N-ethyl adjacent to an activating group) is 1. The van der Waals surface area contributed by atoms with Crippen LogP contribution in [0.5, 0.6) is 5.75 Å². The standard InChI is InChI=1S/C16H26N2O2/c1-3-17-9-11-18(12-10-17)15(13-19)14-7-5-6-8-16(14)20-4-2/h5-8,15,19H,3-4,9-13H2,1-2H3. The lowest BCUT2D eigenvalue weighted by atomic mass is 10.0. The molecule has 1 fully saturated rings. The average molecular weight is 278 g/mol. The third kappa shape index (κ3) is 3.51. The minimum Gasteiger partial charge on any atom is -0.494 e. The Labute approximate surface area is 122 Å². The Balaban J connectivity index is 2.12. The molecule has 1 aromatic carbocycles. The van der Waals surface area contributed by atoms with E-state index in [-0.39, 0.29) is 12.6 Å². The van der Waals surface area contributed by atoms with Crippen molar-refractivity contribution in [1.82, 2.24) is 9.80 Å². The molecule has 20 heavy (non-hydrogen) atoms. The molecular weight excluding hydrogens is 252 g/mol. The van der Waals surface area contributed by atoms with E-state index in [0.29, 0.717) is 6.61 Å². The van der Waals surface area contributed by atoms with E-state index in [0.717, 1.165) is 44.0 Å². The molecule has 0 bridgehead atoms. The van der Waals surface area contributed by atoms with Gasteiger partial charge >= 0.3 is 0 Å². The summed E-state index contributed by atoms with van der Waals surface area (Å²) >= 11 is 0. The van der Waals surface area contributed by atoms with Gasteiger partial charge in [0.1, 0.15) is 5.75 Å². The second kappa shape index (κ2) is 7.62. The summed E-state index contributed by atoms with van der Waals surface area (Å²) in [5.74, 6) is 0.895. The van der Waals surface area contributed by atoms with E-state index >= 15 is 0 Å². The zero-order valence-corrected chi connectivity index (χ0v) is 12.6. The van der Waals surface area contributed by atoms with Crippen molar-refractivity contribution < 1.29 is 9.84 Å². The van der Waals surface area contributed by atoms with Gasteiger partial charge in [0, 0.05) is 31.7 Å². The lowest BCUT2D eigenvalue weighted by Crippen LogP contribution is -2.48. The van der Waals surface area contributed by atoms with Crippen LogP contribution in [-0.2, 0) is 0 Å². The van der Waals surface area contributed by atoms with Gasteiger partial charge in [-0.1, -0.05) is 25.1 Å². The molecule has 0 radical (unpaired) electrons. The maximum Gasteiger partial charge on any atom is 0.124 e. The van der Waals surface area contributed by atoms with Gasteiger partial charge in [0.05, 0.1) is 19.3 Å². The molecule has 1 heterocycles. The Kier molecular flexibility index (Phi) is 5.83. The summed E-state index contributed by atoms with van der Waals surface area (Å²) in [5, 5.41) is 9.84. The highest BCUT2D eigenvalue weighted by molar-refractivity contribution is 5.36. The molecule has 1 aromatic rings. The highest BCUT2D eigenvalue weighted by Crippen LogP contribution is 2.29. The van der Waals surface area contributed by atoms with E-state index in [4.69, 9.17) is 4.74 Å². The number of rotatable bonds is 6. The van der Waals surface area contributed by atoms with Gasteiger partial charge in [-0.2, -0.15) is 0 Å². The molecule has 0 aromatic heterocycles. The van der Waals surface area contributed by atoms with E-state index in [2.05, 4.69) is 22.8 Å². The fraction of sp³-hybridized carbons (Fsp3) is 0.625. The number of aliphatic hydroxyl groups is 1. The van der Waals surface area contributed by atoms with Crippen molar-refractivity contribution >= 4 is 0 Å². The van der Waals surface area contributed by atoms with Crippen LogP contribution in [0.25, 0.3) is 0 Å². The van der Waals surface area contributed by atoms with E-state index < -0.39 is 0 Å². The van der Waals surface area contributed by atoms with Gasteiger partial charge in [-0.3, -0.25) is 4.90 Å².